The van der Waals surface area contributed by atoms with Crippen molar-refractivity contribution in [2.24, 2.45) is 0 Å². The van der Waals surface area contributed by atoms with E-state index < -0.39 is 6.10 Å². The van der Waals surface area contributed by atoms with Gasteiger partial charge in [-0.25, -0.2) is 0 Å². The van der Waals surface area contributed by atoms with Gasteiger partial charge in [-0.3, -0.25) is 9.59 Å². The fourth-order valence-corrected chi connectivity index (χ4v) is 3.22. The Kier molecular flexibility index (Phi) is 6.59. The summed E-state index contributed by atoms with van der Waals surface area (Å²) in [5, 5.41) is 2.84. The lowest BCUT2D eigenvalue weighted by atomic mass is 9.86. The Balaban J connectivity index is 1.69. The van der Waals surface area contributed by atoms with Crippen LogP contribution in [0.1, 0.15) is 54.7 Å². The highest BCUT2D eigenvalue weighted by molar-refractivity contribution is 6.09. The molecule has 0 aliphatic heterocycles. The van der Waals surface area contributed by atoms with E-state index in [0.29, 0.717) is 22.6 Å². The number of rotatable bonds is 6. The Morgan fingerprint density at radius 3 is 2.19 bits per heavy atom. The van der Waals surface area contributed by atoms with Gasteiger partial charge < -0.3 is 10.1 Å². The van der Waals surface area contributed by atoms with Gasteiger partial charge in [0.1, 0.15) is 5.75 Å². The normalized spacial score (nSPS) is 12.2. The summed E-state index contributed by atoms with van der Waals surface area (Å²) in [5.74, 6) is 0.284. The summed E-state index contributed by atoms with van der Waals surface area (Å²) in [4.78, 5) is 25.5. The number of nitrogens with one attached hydrogen (secondary N) is 1. The number of ether oxygens (including phenoxy) is 1. The number of carbonyl (C=O) groups is 2. The van der Waals surface area contributed by atoms with Crippen LogP contribution in [0.3, 0.4) is 0 Å². The fourth-order valence-electron chi connectivity index (χ4n) is 3.22. The second kappa shape index (κ2) is 9.17. The molecule has 1 amide bonds. The van der Waals surface area contributed by atoms with Crippen LogP contribution in [0.2, 0.25) is 0 Å². The van der Waals surface area contributed by atoms with Crippen molar-refractivity contribution in [3.8, 4) is 5.75 Å². The van der Waals surface area contributed by atoms with Crippen LogP contribution in [0.5, 0.6) is 5.75 Å². The molecule has 0 spiro atoms. The number of aryl methyl sites for hydroxylation is 1. The quantitative estimate of drug-likeness (QED) is 0.508. The Morgan fingerprint density at radius 2 is 1.55 bits per heavy atom. The number of anilines is 1. The SMILES string of the molecule is Cc1cccc(OC(C)C(=O)Nc2cccc(C(=O)c3ccc(C(C)(C)C)cc3)c2)c1. The van der Waals surface area contributed by atoms with Crippen molar-refractivity contribution in [1.29, 1.82) is 0 Å². The van der Waals surface area contributed by atoms with Crippen LogP contribution in [0.25, 0.3) is 0 Å². The number of hydrogen-bond acceptors (Lipinski definition) is 3. The molecule has 1 unspecified atom stereocenters. The van der Waals surface area contributed by atoms with Gasteiger partial charge in [-0.2, -0.15) is 0 Å². The smallest absolute Gasteiger partial charge is 0.265 e. The molecule has 0 bridgehead atoms. The molecular weight excluding hydrogens is 386 g/mol. The molecule has 0 heterocycles. The monoisotopic (exact) mass is 415 g/mol. The minimum Gasteiger partial charge on any atom is -0.481 e. The van der Waals surface area contributed by atoms with E-state index in [1.54, 1.807) is 31.2 Å². The molecule has 0 aromatic heterocycles. The molecule has 3 rings (SSSR count). The highest BCUT2D eigenvalue weighted by atomic mass is 16.5. The maximum atomic E-state index is 12.9. The predicted octanol–water partition coefficient (Wildman–Crippen LogP) is 5.93. The first-order valence-electron chi connectivity index (χ1n) is 10.4. The Hall–Kier alpha value is -3.40. The molecular formula is C27H29NO3. The van der Waals surface area contributed by atoms with E-state index >= 15 is 0 Å². The molecule has 1 N–H and O–H groups in total. The molecule has 4 nitrogen and oxygen atoms in total. The lowest BCUT2D eigenvalue weighted by Crippen LogP contribution is -2.30. The molecule has 0 radical (unpaired) electrons. The summed E-state index contributed by atoms with van der Waals surface area (Å²) < 4.78 is 5.74. The van der Waals surface area contributed by atoms with E-state index in [4.69, 9.17) is 4.74 Å². The highest BCUT2D eigenvalue weighted by Gasteiger charge is 2.17. The highest BCUT2D eigenvalue weighted by Crippen LogP contribution is 2.23. The molecule has 3 aromatic carbocycles. The molecule has 0 fully saturated rings. The van der Waals surface area contributed by atoms with Gasteiger partial charge in [0.25, 0.3) is 5.91 Å². The molecule has 0 aliphatic rings. The van der Waals surface area contributed by atoms with Crippen molar-refractivity contribution in [2.45, 2.75) is 46.1 Å². The van der Waals surface area contributed by atoms with E-state index in [0.717, 1.165) is 5.56 Å². The van der Waals surface area contributed by atoms with Crippen molar-refractivity contribution >= 4 is 17.4 Å². The van der Waals surface area contributed by atoms with Crippen LogP contribution in [-0.2, 0) is 10.2 Å². The Morgan fingerprint density at radius 1 is 0.871 bits per heavy atom. The molecule has 160 valence electrons. The lowest BCUT2D eigenvalue weighted by molar-refractivity contribution is -0.122. The second-order valence-electron chi connectivity index (χ2n) is 8.80. The van der Waals surface area contributed by atoms with Gasteiger partial charge in [-0.05, 0) is 54.7 Å². The van der Waals surface area contributed by atoms with Crippen molar-refractivity contribution in [1.82, 2.24) is 0 Å². The minimum atomic E-state index is -0.675. The van der Waals surface area contributed by atoms with Crippen molar-refractivity contribution in [3.05, 3.63) is 95.1 Å². The zero-order valence-corrected chi connectivity index (χ0v) is 18.7. The van der Waals surface area contributed by atoms with Crippen molar-refractivity contribution < 1.29 is 14.3 Å². The molecule has 0 saturated heterocycles. The number of ketones is 1. The van der Waals surface area contributed by atoms with Crippen LogP contribution >= 0.6 is 0 Å². The standard InChI is InChI=1S/C27H29NO3/c1-18-8-6-11-24(16-18)31-19(2)26(30)28-23-10-7-9-21(17-23)25(29)20-12-14-22(15-13-20)27(3,4)5/h6-17,19H,1-5H3,(H,28,30). The maximum Gasteiger partial charge on any atom is 0.265 e. The molecule has 0 aliphatic carbocycles. The molecule has 1 atom stereocenters. The van der Waals surface area contributed by atoms with Gasteiger partial charge >= 0.3 is 0 Å². The topological polar surface area (TPSA) is 55.4 Å². The number of amides is 1. The predicted molar refractivity (Wildman–Crippen MR) is 125 cm³/mol. The largest absolute Gasteiger partial charge is 0.481 e. The van der Waals surface area contributed by atoms with Crippen LogP contribution in [0, 0.1) is 6.92 Å². The van der Waals surface area contributed by atoms with E-state index in [9.17, 15) is 9.59 Å². The third-order valence-electron chi connectivity index (χ3n) is 5.08. The summed E-state index contributed by atoms with van der Waals surface area (Å²) in [7, 11) is 0. The number of carbonyl (C=O) groups excluding carboxylic acids is 2. The summed E-state index contributed by atoms with van der Waals surface area (Å²) in [6.07, 6.45) is -0.675. The first kappa shape index (κ1) is 22.3. The van der Waals surface area contributed by atoms with Crippen LogP contribution < -0.4 is 10.1 Å². The fraction of sp³-hybridized carbons (Fsp3) is 0.259. The van der Waals surface area contributed by atoms with Gasteiger partial charge in [0, 0.05) is 16.8 Å². The Labute approximate surface area is 184 Å². The Bertz CT molecular complexity index is 1080. The lowest BCUT2D eigenvalue weighted by Gasteiger charge is -2.19. The zero-order chi connectivity index (χ0) is 22.6. The van der Waals surface area contributed by atoms with Crippen LogP contribution in [0.15, 0.2) is 72.8 Å². The number of benzene rings is 3. The second-order valence-corrected chi connectivity index (χ2v) is 8.80. The van der Waals surface area contributed by atoms with Gasteiger partial charge in [0.2, 0.25) is 0 Å². The minimum absolute atomic E-state index is 0.0307. The summed E-state index contributed by atoms with van der Waals surface area (Å²) in [6.45, 7) is 10.1. The summed E-state index contributed by atoms with van der Waals surface area (Å²) in [6, 6.07) is 22.2. The van der Waals surface area contributed by atoms with E-state index in [-0.39, 0.29) is 17.1 Å². The van der Waals surface area contributed by atoms with E-state index in [2.05, 4.69) is 26.1 Å². The van der Waals surface area contributed by atoms with Gasteiger partial charge in [-0.1, -0.05) is 69.3 Å². The van der Waals surface area contributed by atoms with E-state index in [1.807, 2.05) is 55.5 Å². The third-order valence-corrected chi connectivity index (χ3v) is 5.08. The first-order valence-corrected chi connectivity index (χ1v) is 10.4. The first-order chi connectivity index (χ1) is 14.6. The van der Waals surface area contributed by atoms with Crippen LogP contribution in [0.4, 0.5) is 5.69 Å². The van der Waals surface area contributed by atoms with Crippen molar-refractivity contribution in [3.63, 3.8) is 0 Å². The van der Waals surface area contributed by atoms with Crippen molar-refractivity contribution in [2.75, 3.05) is 5.32 Å². The molecule has 4 heteroatoms. The molecule has 0 saturated carbocycles. The molecule has 31 heavy (non-hydrogen) atoms. The average Bonchev–Trinajstić information content (AvgIpc) is 2.73. The third kappa shape index (κ3) is 5.82. The van der Waals surface area contributed by atoms with Gasteiger partial charge in [-0.15, -0.1) is 0 Å². The van der Waals surface area contributed by atoms with Crippen LogP contribution in [-0.4, -0.2) is 17.8 Å². The van der Waals surface area contributed by atoms with Gasteiger partial charge in [0.05, 0.1) is 0 Å². The summed E-state index contributed by atoms with van der Waals surface area (Å²) in [5.41, 5.74) is 3.96. The average molecular weight is 416 g/mol. The summed E-state index contributed by atoms with van der Waals surface area (Å²) >= 11 is 0. The zero-order valence-electron chi connectivity index (χ0n) is 18.7. The maximum absolute atomic E-state index is 12.9. The van der Waals surface area contributed by atoms with Gasteiger partial charge in [0.15, 0.2) is 11.9 Å². The molecule has 3 aromatic rings. The number of hydrogen-bond donors (Lipinski definition) is 1. The van der Waals surface area contributed by atoms with E-state index in [1.165, 1.54) is 5.56 Å².